The fraction of sp³-hybridized carbons (Fsp3) is 0.0833. The Morgan fingerprint density at radius 3 is 3.00 bits per heavy atom. The summed E-state index contributed by atoms with van der Waals surface area (Å²) in [6, 6.07) is 5.91. The van der Waals surface area contributed by atoms with Crippen molar-refractivity contribution in [1.82, 2.24) is 19.8 Å². The number of halogens is 1. The molecule has 1 aromatic carbocycles. The minimum absolute atomic E-state index is 0.0380. The van der Waals surface area contributed by atoms with Crippen LogP contribution in [0.3, 0.4) is 0 Å². The van der Waals surface area contributed by atoms with Crippen LogP contribution in [0.15, 0.2) is 39.6 Å². The smallest absolute Gasteiger partial charge is 0.293 e. The molecule has 0 atom stereocenters. The summed E-state index contributed by atoms with van der Waals surface area (Å²) in [7, 11) is 0. The number of hydrogen-bond acceptors (Lipinski definition) is 7. The molecule has 0 unspecified atom stereocenters. The van der Waals surface area contributed by atoms with Gasteiger partial charge in [0.25, 0.3) is 5.56 Å². The number of nitrogens with zero attached hydrogens (tertiary/aromatic N) is 4. The van der Waals surface area contributed by atoms with Gasteiger partial charge >= 0.3 is 0 Å². The van der Waals surface area contributed by atoms with E-state index < -0.39 is 5.82 Å². The average molecular weight is 337 g/mol. The Hall–Kier alpha value is -2.33. The van der Waals surface area contributed by atoms with Gasteiger partial charge < -0.3 is 5.32 Å². The van der Waals surface area contributed by atoms with E-state index in [-0.39, 0.29) is 22.9 Å². The average Bonchev–Trinajstić information content (AvgIpc) is 2.92. The Morgan fingerprint density at radius 1 is 1.41 bits per heavy atom. The molecule has 10 heteroatoms. The van der Waals surface area contributed by atoms with Crippen LogP contribution in [0.2, 0.25) is 0 Å². The Kier molecular flexibility index (Phi) is 4.11. The molecule has 0 saturated carbocycles. The second-order valence-corrected chi connectivity index (χ2v) is 6.24. The quantitative estimate of drug-likeness (QED) is 0.724. The van der Waals surface area contributed by atoms with Gasteiger partial charge in [0.2, 0.25) is 10.9 Å². The molecule has 3 rings (SSSR count). The van der Waals surface area contributed by atoms with Crippen molar-refractivity contribution in [2.24, 2.45) is 0 Å². The van der Waals surface area contributed by atoms with Crippen LogP contribution in [0.25, 0.3) is 4.96 Å². The van der Waals surface area contributed by atoms with Gasteiger partial charge in [0, 0.05) is 0 Å². The summed E-state index contributed by atoms with van der Waals surface area (Å²) >= 11 is 2.28. The first-order chi connectivity index (χ1) is 10.6. The van der Waals surface area contributed by atoms with Gasteiger partial charge in [-0.15, -0.1) is 10.2 Å². The number of amides is 1. The normalized spacial score (nSPS) is 10.8. The Morgan fingerprint density at radius 2 is 2.23 bits per heavy atom. The van der Waals surface area contributed by atoms with Crippen molar-refractivity contribution in [3.05, 3.63) is 46.6 Å². The molecule has 0 bridgehead atoms. The van der Waals surface area contributed by atoms with Crippen molar-refractivity contribution in [3.8, 4) is 0 Å². The summed E-state index contributed by atoms with van der Waals surface area (Å²) in [5.41, 5.74) is -0.261. The molecule has 0 spiro atoms. The summed E-state index contributed by atoms with van der Waals surface area (Å²) in [6.07, 6.45) is 1.06. The van der Waals surface area contributed by atoms with Crippen LogP contribution in [0, 0.1) is 5.82 Å². The number of hydrogen-bond donors (Lipinski definition) is 1. The second-order valence-electron chi connectivity index (χ2n) is 4.06. The summed E-state index contributed by atoms with van der Waals surface area (Å²) in [5, 5.41) is 13.8. The second kappa shape index (κ2) is 6.20. The van der Waals surface area contributed by atoms with E-state index in [2.05, 4.69) is 20.6 Å². The van der Waals surface area contributed by atoms with E-state index in [4.69, 9.17) is 0 Å². The zero-order valence-electron chi connectivity index (χ0n) is 10.9. The predicted molar refractivity (Wildman–Crippen MR) is 80.7 cm³/mol. The minimum Gasteiger partial charge on any atom is -0.323 e. The molecule has 0 aliphatic carbocycles. The summed E-state index contributed by atoms with van der Waals surface area (Å²) in [4.78, 5) is 23.6. The molecule has 2 aromatic heterocycles. The number of carbonyl (C=O) groups excluding carboxylic acids is 1. The fourth-order valence-corrected chi connectivity index (χ4v) is 3.28. The highest BCUT2D eigenvalue weighted by molar-refractivity contribution is 8.01. The minimum atomic E-state index is -0.498. The van der Waals surface area contributed by atoms with Gasteiger partial charge in [0.15, 0.2) is 4.34 Å². The van der Waals surface area contributed by atoms with E-state index >= 15 is 0 Å². The Labute approximate surface area is 131 Å². The van der Waals surface area contributed by atoms with E-state index in [0.717, 1.165) is 33.8 Å². The van der Waals surface area contributed by atoms with E-state index in [1.165, 1.54) is 12.1 Å². The largest absolute Gasteiger partial charge is 0.323 e. The van der Waals surface area contributed by atoms with Crippen molar-refractivity contribution in [1.29, 1.82) is 0 Å². The van der Waals surface area contributed by atoms with Crippen molar-refractivity contribution >= 4 is 39.7 Å². The van der Waals surface area contributed by atoms with Gasteiger partial charge in [0.05, 0.1) is 11.4 Å². The zero-order valence-corrected chi connectivity index (χ0v) is 12.5. The summed E-state index contributed by atoms with van der Waals surface area (Å²) in [5.74, 6) is -0.827. The van der Waals surface area contributed by atoms with Gasteiger partial charge in [-0.1, -0.05) is 35.2 Å². The molecule has 0 radical (unpaired) electrons. The highest BCUT2D eigenvalue weighted by atomic mass is 32.2. The molecule has 3 aromatic rings. The standard InChI is InChI=1S/C12H8FN5O2S2/c13-7-3-1-2-4-8(7)15-9(19)6-21-12-17-18-10(20)5-14-16-11(18)22-12/h1-5H,6H2,(H,15,19). The Bertz CT molecular complexity index is 894. The van der Waals surface area contributed by atoms with E-state index in [0.29, 0.717) is 9.30 Å². The first-order valence-corrected chi connectivity index (χ1v) is 7.82. The van der Waals surface area contributed by atoms with E-state index in [1.54, 1.807) is 12.1 Å². The number of anilines is 1. The SMILES string of the molecule is O=C(CSc1nn2c(=O)cnnc2s1)Nc1ccccc1F. The lowest BCUT2D eigenvalue weighted by Gasteiger charge is -2.04. The fourth-order valence-electron chi connectivity index (χ4n) is 1.59. The molecule has 112 valence electrons. The van der Waals surface area contributed by atoms with Crippen LogP contribution in [0.4, 0.5) is 10.1 Å². The van der Waals surface area contributed by atoms with E-state index in [1.807, 2.05) is 0 Å². The highest BCUT2D eigenvalue weighted by Crippen LogP contribution is 2.23. The number of para-hydroxylation sites is 1. The van der Waals surface area contributed by atoms with Crippen LogP contribution >= 0.6 is 23.1 Å². The van der Waals surface area contributed by atoms with Gasteiger partial charge in [-0.3, -0.25) is 9.59 Å². The first kappa shape index (κ1) is 14.6. The van der Waals surface area contributed by atoms with Crippen LogP contribution < -0.4 is 10.9 Å². The molecule has 1 amide bonds. The van der Waals surface area contributed by atoms with Crippen LogP contribution in [0.5, 0.6) is 0 Å². The predicted octanol–water partition coefficient (Wildman–Crippen LogP) is 1.42. The molecule has 0 aliphatic heterocycles. The van der Waals surface area contributed by atoms with Gasteiger partial charge in [-0.2, -0.15) is 9.61 Å². The monoisotopic (exact) mass is 337 g/mol. The van der Waals surface area contributed by atoms with Crippen molar-refractivity contribution in [2.75, 3.05) is 11.1 Å². The lowest BCUT2D eigenvalue weighted by atomic mass is 10.3. The molecule has 0 fully saturated rings. The van der Waals surface area contributed by atoms with Crippen molar-refractivity contribution in [2.45, 2.75) is 4.34 Å². The zero-order chi connectivity index (χ0) is 15.5. The highest BCUT2D eigenvalue weighted by Gasteiger charge is 2.11. The van der Waals surface area contributed by atoms with Gasteiger partial charge in [-0.05, 0) is 12.1 Å². The maximum atomic E-state index is 13.4. The molecular formula is C12H8FN5O2S2. The molecular weight excluding hydrogens is 329 g/mol. The van der Waals surface area contributed by atoms with Crippen LogP contribution in [0.1, 0.15) is 0 Å². The number of carbonyl (C=O) groups is 1. The lowest BCUT2D eigenvalue weighted by Crippen LogP contribution is -2.15. The third kappa shape index (κ3) is 3.12. The third-order valence-electron chi connectivity index (χ3n) is 2.54. The number of nitrogens with one attached hydrogen (secondary N) is 1. The number of fused-ring (bicyclic) bond motifs is 1. The van der Waals surface area contributed by atoms with Crippen molar-refractivity contribution in [3.63, 3.8) is 0 Å². The number of benzene rings is 1. The lowest BCUT2D eigenvalue weighted by molar-refractivity contribution is -0.113. The van der Waals surface area contributed by atoms with E-state index in [9.17, 15) is 14.0 Å². The van der Waals surface area contributed by atoms with Crippen molar-refractivity contribution < 1.29 is 9.18 Å². The third-order valence-corrected chi connectivity index (χ3v) is 4.57. The number of aromatic nitrogens is 4. The molecule has 0 aliphatic rings. The number of thioether (sulfide) groups is 1. The molecule has 2 heterocycles. The Balaban J connectivity index is 1.66. The van der Waals surface area contributed by atoms with Crippen LogP contribution in [-0.4, -0.2) is 31.5 Å². The maximum absolute atomic E-state index is 13.4. The van der Waals surface area contributed by atoms with Gasteiger partial charge in [0.1, 0.15) is 12.0 Å². The maximum Gasteiger partial charge on any atom is 0.293 e. The summed E-state index contributed by atoms with van der Waals surface area (Å²) in [6.45, 7) is 0. The van der Waals surface area contributed by atoms with Crippen LogP contribution in [-0.2, 0) is 4.79 Å². The molecule has 22 heavy (non-hydrogen) atoms. The molecule has 1 N–H and O–H groups in total. The molecule has 0 saturated heterocycles. The summed E-state index contributed by atoms with van der Waals surface area (Å²) < 4.78 is 15.0. The molecule has 7 nitrogen and oxygen atoms in total. The van der Waals surface area contributed by atoms with Gasteiger partial charge in [-0.25, -0.2) is 4.39 Å². The topological polar surface area (TPSA) is 89.3 Å². The first-order valence-electron chi connectivity index (χ1n) is 6.02. The number of rotatable bonds is 4.